The number of nitrogens with one attached hydrogen (secondary N) is 1. The van der Waals surface area contributed by atoms with E-state index < -0.39 is 47.1 Å². The van der Waals surface area contributed by atoms with Gasteiger partial charge in [0.1, 0.15) is 5.75 Å². The van der Waals surface area contributed by atoms with Gasteiger partial charge in [0, 0.05) is 5.56 Å². The average molecular weight is 439 g/mol. The molecule has 0 saturated heterocycles. The number of nitrogens with zero attached hydrogens (tertiary/aromatic N) is 2. The van der Waals surface area contributed by atoms with Gasteiger partial charge in [-0.3, -0.25) is 9.48 Å². The molecule has 0 atom stereocenters. The molecule has 0 unspecified atom stereocenters. The van der Waals surface area contributed by atoms with Gasteiger partial charge in [-0.1, -0.05) is 0 Å². The molecule has 3 rings (SSSR count). The number of rotatable bonds is 6. The lowest BCUT2D eigenvalue weighted by molar-refractivity contribution is 0.102. The summed E-state index contributed by atoms with van der Waals surface area (Å²) in [5.74, 6) is -10.0. The van der Waals surface area contributed by atoms with E-state index in [1.807, 2.05) is 6.92 Å². The van der Waals surface area contributed by atoms with Crippen molar-refractivity contribution < 1.29 is 31.5 Å². The van der Waals surface area contributed by atoms with Crippen LogP contribution in [0.5, 0.6) is 5.75 Å². The van der Waals surface area contributed by atoms with Crippen LogP contribution in [-0.2, 0) is 6.54 Å². The Hall–Kier alpha value is -3.43. The van der Waals surface area contributed by atoms with Crippen molar-refractivity contribution in [3.63, 3.8) is 0 Å². The smallest absolute Gasteiger partial charge is 0.255 e. The molecule has 0 spiro atoms. The Morgan fingerprint density at radius 3 is 2.06 bits per heavy atom. The van der Waals surface area contributed by atoms with Crippen LogP contribution in [0.15, 0.2) is 24.3 Å². The van der Waals surface area contributed by atoms with Gasteiger partial charge in [-0.15, -0.1) is 0 Å². The molecule has 1 heterocycles. The van der Waals surface area contributed by atoms with Crippen LogP contribution in [0.2, 0.25) is 0 Å². The highest BCUT2D eigenvalue weighted by Crippen LogP contribution is 2.26. The van der Waals surface area contributed by atoms with Crippen LogP contribution in [0.1, 0.15) is 34.2 Å². The lowest BCUT2D eigenvalue weighted by atomic mass is 10.1. The number of anilines is 1. The third kappa shape index (κ3) is 4.23. The average Bonchev–Trinajstić information content (AvgIpc) is 3.02. The minimum absolute atomic E-state index is 0.266. The predicted octanol–water partition coefficient (Wildman–Crippen LogP) is 4.89. The largest absolute Gasteiger partial charge is 0.494 e. The predicted molar refractivity (Wildman–Crippen MR) is 103 cm³/mol. The Labute approximate surface area is 174 Å². The summed E-state index contributed by atoms with van der Waals surface area (Å²) in [6, 6.07) is 6.38. The van der Waals surface area contributed by atoms with Crippen LogP contribution >= 0.6 is 0 Å². The van der Waals surface area contributed by atoms with Gasteiger partial charge in [0.25, 0.3) is 5.91 Å². The quantitative estimate of drug-likeness (QED) is 0.338. The second kappa shape index (κ2) is 8.75. The van der Waals surface area contributed by atoms with Crippen molar-refractivity contribution in [2.24, 2.45) is 0 Å². The first kappa shape index (κ1) is 22.3. The number of carbonyl (C=O) groups excluding carboxylic acids is 1. The van der Waals surface area contributed by atoms with Gasteiger partial charge in [0.15, 0.2) is 23.3 Å². The lowest BCUT2D eigenvalue weighted by Crippen LogP contribution is -2.14. The zero-order valence-electron chi connectivity index (χ0n) is 16.8. The van der Waals surface area contributed by atoms with E-state index in [9.17, 15) is 26.7 Å². The molecule has 1 amide bonds. The normalized spacial score (nSPS) is 11.0. The van der Waals surface area contributed by atoms with E-state index in [4.69, 9.17) is 4.74 Å². The Balaban J connectivity index is 1.87. The number of aromatic nitrogens is 2. The van der Waals surface area contributed by atoms with Crippen molar-refractivity contribution in [3.8, 4) is 5.75 Å². The fourth-order valence-electron chi connectivity index (χ4n) is 3.03. The topological polar surface area (TPSA) is 56.1 Å². The molecule has 0 fully saturated rings. The summed E-state index contributed by atoms with van der Waals surface area (Å²) in [6.07, 6.45) is 0. The van der Waals surface area contributed by atoms with Gasteiger partial charge in [-0.05, 0) is 45.0 Å². The number of aryl methyl sites for hydroxylation is 1. The number of hydrogen-bond acceptors (Lipinski definition) is 3. The summed E-state index contributed by atoms with van der Waals surface area (Å²) in [4.78, 5) is 12.5. The van der Waals surface area contributed by atoms with E-state index >= 15 is 0 Å². The van der Waals surface area contributed by atoms with Gasteiger partial charge in [0.2, 0.25) is 5.82 Å². The van der Waals surface area contributed by atoms with Crippen molar-refractivity contribution in [1.29, 1.82) is 0 Å². The third-order valence-corrected chi connectivity index (χ3v) is 4.66. The third-order valence-electron chi connectivity index (χ3n) is 4.66. The van der Waals surface area contributed by atoms with Crippen LogP contribution in [0.4, 0.5) is 27.6 Å². The van der Waals surface area contributed by atoms with Crippen molar-refractivity contribution in [3.05, 3.63) is 75.9 Å². The molecule has 1 N–H and O–H groups in total. The molecule has 31 heavy (non-hydrogen) atoms. The molecule has 0 aliphatic rings. The molecule has 0 saturated carbocycles. The first-order valence-electron chi connectivity index (χ1n) is 9.24. The molecular formula is C21H18F5N3O2. The van der Waals surface area contributed by atoms with E-state index in [2.05, 4.69) is 10.4 Å². The van der Waals surface area contributed by atoms with E-state index in [1.54, 1.807) is 24.3 Å². The fraction of sp³-hybridized carbons (Fsp3) is 0.238. The molecule has 0 aliphatic carbocycles. The first-order valence-corrected chi connectivity index (χ1v) is 9.24. The van der Waals surface area contributed by atoms with Gasteiger partial charge >= 0.3 is 0 Å². The zero-order chi connectivity index (χ0) is 22.9. The monoisotopic (exact) mass is 439 g/mol. The van der Waals surface area contributed by atoms with Gasteiger partial charge in [-0.25, -0.2) is 22.0 Å². The van der Waals surface area contributed by atoms with Crippen LogP contribution in [-0.4, -0.2) is 22.3 Å². The van der Waals surface area contributed by atoms with Gasteiger partial charge in [-0.2, -0.15) is 5.10 Å². The highest BCUT2D eigenvalue weighted by Gasteiger charge is 2.27. The number of hydrogen-bond donors (Lipinski definition) is 1. The van der Waals surface area contributed by atoms with Crippen LogP contribution in [0.3, 0.4) is 0 Å². The maximum Gasteiger partial charge on any atom is 0.255 e. The Bertz CT molecular complexity index is 1110. The lowest BCUT2D eigenvalue weighted by Gasteiger charge is -2.10. The Morgan fingerprint density at radius 1 is 0.968 bits per heavy atom. The molecule has 0 aliphatic heterocycles. The minimum atomic E-state index is -2.23. The standard InChI is InChI=1S/C21H18F5N3O2/c1-4-31-13-7-5-12(6-8-13)21(30)27-20-10(2)28-29(11(20)3)9-14-15(22)17(24)19(26)18(25)16(14)23/h5-8H,4,9H2,1-3H3,(H,27,30). The summed E-state index contributed by atoms with van der Waals surface area (Å²) in [5, 5.41) is 6.72. The Kier molecular flexibility index (Phi) is 6.28. The molecule has 3 aromatic rings. The first-order chi connectivity index (χ1) is 14.6. The summed E-state index contributed by atoms with van der Waals surface area (Å²) >= 11 is 0. The molecule has 10 heteroatoms. The van der Waals surface area contributed by atoms with E-state index in [0.29, 0.717) is 23.6 Å². The fourth-order valence-corrected chi connectivity index (χ4v) is 3.03. The number of carbonyl (C=O) groups is 1. The summed E-state index contributed by atoms with van der Waals surface area (Å²) in [5.41, 5.74) is 0.158. The molecule has 164 valence electrons. The SMILES string of the molecule is CCOc1ccc(C(=O)Nc2c(C)nn(Cc3c(F)c(F)c(F)c(F)c3F)c2C)cc1. The maximum atomic E-state index is 14.0. The number of halogens is 5. The number of amides is 1. The summed E-state index contributed by atoms with van der Waals surface area (Å²) in [6.45, 7) is 4.63. The molecule has 0 radical (unpaired) electrons. The highest BCUT2D eigenvalue weighted by atomic mass is 19.2. The van der Waals surface area contributed by atoms with E-state index in [0.717, 1.165) is 4.68 Å². The van der Waals surface area contributed by atoms with Crippen molar-refractivity contribution in [1.82, 2.24) is 9.78 Å². The van der Waals surface area contributed by atoms with Gasteiger partial charge in [0.05, 0.1) is 35.8 Å². The summed E-state index contributed by atoms with van der Waals surface area (Å²) in [7, 11) is 0. The molecule has 0 bridgehead atoms. The van der Waals surface area contributed by atoms with Crippen LogP contribution in [0, 0.1) is 42.9 Å². The van der Waals surface area contributed by atoms with Crippen LogP contribution in [0.25, 0.3) is 0 Å². The van der Waals surface area contributed by atoms with E-state index in [1.165, 1.54) is 13.8 Å². The molecular weight excluding hydrogens is 421 g/mol. The van der Waals surface area contributed by atoms with Crippen LogP contribution < -0.4 is 10.1 Å². The number of benzene rings is 2. The number of ether oxygens (including phenoxy) is 1. The second-order valence-corrected chi connectivity index (χ2v) is 6.66. The van der Waals surface area contributed by atoms with Crippen molar-refractivity contribution in [2.45, 2.75) is 27.3 Å². The second-order valence-electron chi connectivity index (χ2n) is 6.66. The molecule has 1 aromatic heterocycles. The van der Waals surface area contributed by atoms with Crippen molar-refractivity contribution in [2.75, 3.05) is 11.9 Å². The zero-order valence-corrected chi connectivity index (χ0v) is 16.8. The summed E-state index contributed by atoms with van der Waals surface area (Å²) < 4.78 is 74.6. The molecule has 5 nitrogen and oxygen atoms in total. The Morgan fingerprint density at radius 2 is 1.52 bits per heavy atom. The minimum Gasteiger partial charge on any atom is -0.494 e. The van der Waals surface area contributed by atoms with Gasteiger partial charge < -0.3 is 10.1 Å². The van der Waals surface area contributed by atoms with E-state index in [-0.39, 0.29) is 11.4 Å². The van der Waals surface area contributed by atoms with Crippen molar-refractivity contribution >= 4 is 11.6 Å². The highest BCUT2D eigenvalue weighted by molar-refractivity contribution is 6.04. The molecule has 2 aromatic carbocycles. The maximum absolute atomic E-state index is 14.0.